The number of benzene rings is 1. The van der Waals surface area contributed by atoms with E-state index >= 15 is 0 Å². The van der Waals surface area contributed by atoms with Gasteiger partial charge < -0.3 is 24.9 Å². The first-order chi connectivity index (χ1) is 14.7. The molecule has 8 nitrogen and oxygen atoms in total. The van der Waals surface area contributed by atoms with Crippen LogP contribution in [0.4, 0.5) is 5.82 Å². The Hall–Kier alpha value is -2.13. The Bertz CT molecular complexity index is 935. The predicted molar refractivity (Wildman–Crippen MR) is 120 cm³/mol. The van der Waals surface area contributed by atoms with Crippen molar-refractivity contribution in [3.8, 4) is 0 Å². The number of hydrogen-bond donors (Lipinski definition) is 1. The SMILES string of the molecule is CC=C(OC1CCN(CC(C)(O)Cn2cc([N+](=O)[O-])nc2Cl)CC1)c1ccc(Cl)cc1. The number of aromatic nitrogens is 2. The standard InChI is InChI=1S/C21H26Cl2N4O4/c1-3-18(15-4-6-16(22)7-5-15)31-17-8-10-25(11-9-17)13-21(2,28)14-26-12-19(27(29)30)24-20(26)23/h3-7,12,17,28H,8-11,13-14H2,1-2H3. The second-order valence-corrected chi connectivity index (χ2v) is 8.78. The third-order valence-electron chi connectivity index (χ3n) is 5.20. The third kappa shape index (κ3) is 6.43. The molecule has 0 aliphatic carbocycles. The first-order valence-corrected chi connectivity index (χ1v) is 10.8. The van der Waals surface area contributed by atoms with E-state index < -0.39 is 10.5 Å². The van der Waals surface area contributed by atoms with E-state index in [1.54, 1.807) is 6.92 Å². The summed E-state index contributed by atoms with van der Waals surface area (Å²) in [5.41, 5.74) is -0.132. The maximum absolute atomic E-state index is 10.9. The first kappa shape index (κ1) is 23.5. The Morgan fingerprint density at radius 3 is 2.52 bits per heavy atom. The van der Waals surface area contributed by atoms with Gasteiger partial charge in [0.25, 0.3) is 0 Å². The minimum absolute atomic E-state index is 0.0137. The second kappa shape index (κ2) is 9.99. The molecule has 1 aliphatic heterocycles. The molecule has 10 heteroatoms. The van der Waals surface area contributed by atoms with Crippen molar-refractivity contribution in [3.05, 3.63) is 62.5 Å². The average molecular weight is 469 g/mol. The van der Waals surface area contributed by atoms with Gasteiger partial charge >= 0.3 is 11.1 Å². The van der Waals surface area contributed by atoms with Crippen molar-refractivity contribution < 1.29 is 14.8 Å². The zero-order valence-electron chi connectivity index (χ0n) is 17.5. The highest BCUT2D eigenvalue weighted by molar-refractivity contribution is 6.30. The smallest absolute Gasteiger partial charge is 0.383 e. The van der Waals surface area contributed by atoms with Crippen molar-refractivity contribution in [1.82, 2.24) is 14.5 Å². The van der Waals surface area contributed by atoms with E-state index in [1.165, 1.54) is 10.8 Å². The van der Waals surface area contributed by atoms with Gasteiger partial charge in [-0.15, -0.1) is 0 Å². The number of hydrogen-bond acceptors (Lipinski definition) is 6. The van der Waals surface area contributed by atoms with E-state index in [-0.39, 0.29) is 23.8 Å². The van der Waals surface area contributed by atoms with E-state index in [9.17, 15) is 15.2 Å². The molecule has 2 heterocycles. The number of imidazole rings is 1. The highest BCUT2D eigenvalue weighted by Crippen LogP contribution is 2.26. The topological polar surface area (TPSA) is 93.7 Å². The summed E-state index contributed by atoms with van der Waals surface area (Å²) >= 11 is 11.9. The molecule has 31 heavy (non-hydrogen) atoms. The molecule has 3 rings (SSSR count). The molecule has 0 bridgehead atoms. The monoisotopic (exact) mass is 468 g/mol. The maximum Gasteiger partial charge on any atom is 0.383 e. The fourth-order valence-electron chi connectivity index (χ4n) is 3.76. The van der Waals surface area contributed by atoms with Crippen LogP contribution in [-0.2, 0) is 11.3 Å². The Balaban J connectivity index is 1.52. The van der Waals surface area contributed by atoms with E-state index in [1.807, 2.05) is 37.3 Å². The highest BCUT2D eigenvalue weighted by atomic mass is 35.5. The molecule has 1 saturated heterocycles. The number of β-amino-alcohol motifs (C(OH)–C–C–N with tert-alkyl or cyclic N) is 1. The summed E-state index contributed by atoms with van der Waals surface area (Å²) in [6.07, 6.45) is 4.95. The van der Waals surface area contributed by atoms with Gasteiger partial charge in [-0.25, -0.2) is 0 Å². The molecule has 1 unspecified atom stereocenters. The van der Waals surface area contributed by atoms with Crippen LogP contribution in [-0.4, -0.2) is 55.8 Å². The molecule has 0 radical (unpaired) electrons. The Kier molecular flexibility index (Phi) is 7.59. The number of piperidine rings is 1. The molecular weight excluding hydrogens is 443 g/mol. The van der Waals surface area contributed by atoms with E-state index in [2.05, 4.69) is 9.88 Å². The molecule has 1 N–H and O–H groups in total. The van der Waals surface area contributed by atoms with Crippen LogP contribution < -0.4 is 0 Å². The quantitative estimate of drug-likeness (QED) is 0.350. The molecule has 1 atom stereocenters. The minimum atomic E-state index is -1.12. The Labute approximate surface area is 191 Å². The number of ether oxygens (including phenoxy) is 1. The second-order valence-electron chi connectivity index (χ2n) is 8.00. The molecule has 0 saturated carbocycles. The van der Waals surface area contributed by atoms with Crippen molar-refractivity contribution in [2.24, 2.45) is 0 Å². The summed E-state index contributed by atoms with van der Waals surface area (Å²) in [4.78, 5) is 16.1. The van der Waals surface area contributed by atoms with Gasteiger partial charge in [0.1, 0.15) is 18.1 Å². The van der Waals surface area contributed by atoms with E-state index in [4.69, 9.17) is 27.9 Å². The zero-order valence-corrected chi connectivity index (χ0v) is 19.0. The average Bonchev–Trinajstić information content (AvgIpc) is 3.08. The molecule has 0 spiro atoms. The fraction of sp³-hybridized carbons (Fsp3) is 0.476. The summed E-state index contributed by atoms with van der Waals surface area (Å²) in [6.45, 7) is 5.71. The molecule has 1 aromatic carbocycles. The van der Waals surface area contributed by atoms with Gasteiger partial charge in [-0.05, 0) is 78.5 Å². The van der Waals surface area contributed by atoms with Gasteiger partial charge in [-0.3, -0.25) is 4.57 Å². The molecule has 1 aliphatic rings. The summed E-state index contributed by atoms with van der Waals surface area (Å²) in [5.74, 6) is 0.498. The maximum atomic E-state index is 10.9. The van der Waals surface area contributed by atoms with Crippen LogP contribution >= 0.6 is 23.2 Å². The highest BCUT2D eigenvalue weighted by Gasteiger charge is 2.30. The lowest BCUT2D eigenvalue weighted by atomic mass is 10.0. The number of halogens is 2. The number of nitro groups is 1. The normalized spacial score (nSPS) is 18.0. The minimum Gasteiger partial charge on any atom is -0.490 e. The number of allylic oxidation sites excluding steroid dienone is 1. The van der Waals surface area contributed by atoms with Crippen molar-refractivity contribution in [1.29, 1.82) is 0 Å². The molecule has 2 aromatic rings. The van der Waals surface area contributed by atoms with Crippen LogP contribution in [0.3, 0.4) is 0 Å². The summed E-state index contributed by atoms with van der Waals surface area (Å²) in [5, 5.41) is 22.4. The summed E-state index contributed by atoms with van der Waals surface area (Å²) in [7, 11) is 0. The zero-order chi connectivity index (χ0) is 22.6. The molecular formula is C21H26Cl2N4O4. The molecule has 1 fully saturated rings. The van der Waals surface area contributed by atoms with Gasteiger partial charge in [0.15, 0.2) is 0 Å². The number of aliphatic hydroxyl groups is 1. The lowest BCUT2D eigenvalue weighted by Gasteiger charge is -2.37. The Morgan fingerprint density at radius 2 is 1.97 bits per heavy atom. The lowest BCUT2D eigenvalue weighted by molar-refractivity contribution is -0.389. The predicted octanol–water partition coefficient (Wildman–Crippen LogP) is 4.39. The molecule has 1 aromatic heterocycles. The van der Waals surface area contributed by atoms with Crippen LogP contribution in [0.1, 0.15) is 32.3 Å². The number of nitrogens with zero attached hydrogens (tertiary/aromatic N) is 4. The van der Waals surface area contributed by atoms with E-state index in [0.29, 0.717) is 11.6 Å². The largest absolute Gasteiger partial charge is 0.490 e. The first-order valence-electron chi connectivity index (χ1n) is 10.1. The van der Waals surface area contributed by atoms with Crippen LogP contribution in [0.15, 0.2) is 36.5 Å². The van der Waals surface area contributed by atoms with Crippen LogP contribution in [0.5, 0.6) is 0 Å². The van der Waals surface area contributed by atoms with Crippen LogP contribution in [0.25, 0.3) is 5.76 Å². The van der Waals surface area contributed by atoms with Crippen LogP contribution in [0, 0.1) is 10.1 Å². The number of likely N-dealkylation sites (tertiary alicyclic amines) is 1. The van der Waals surface area contributed by atoms with Crippen molar-refractivity contribution in [3.63, 3.8) is 0 Å². The van der Waals surface area contributed by atoms with Crippen molar-refractivity contribution in [2.75, 3.05) is 19.6 Å². The third-order valence-corrected chi connectivity index (χ3v) is 5.75. The van der Waals surface area contributed by atoms with Gasteiger partial charge in [0.05, 0.1) is 12.1 Å². The van der Waals surface area contributed by atoms with Gasteiger partial charge in [0.2, 0.25) is 0 Å². The summed E-state index contributed by atoms with van der Waals surface area (Å²) < 4.78 is 7.62. The van der Waals surface area contributed by atoms with E-state index in [0.717, 1.165) is 37.3 Å². The molecule has 168 valence electrons. The van der Waals surface area contributed by atoms with Gasteiger partial charge in [-0.1, -0.05) is 11.6 Å². The van der Waals surface area contributed by atoms with Crippen molar-refractivity contribution >= 4 is 34.8 Å². The van der Waals surface area contributed by atoms with Gasteiger partial charge in [-0.2, -0.15) is 0 Å². The van der Waals surface area contributed by atoms with Crippen LogP contribution in [0.2, 0.25) is 10.3 Å². The van der Waals surface area contributed by atoms with Gasteiger partial charge in [0, 0.05) is 30.2 Å². The molecule has 0 amide bonds. The lowest BCUT2D eigenvalue weighted by Crippen LogP contribution is -2.47. The van der Waals surface area contributed by atoms with Crippen molar-refractivity contribution in [2.45, 2.75) is 44.9 Å². The Morgan fingerprint density at radius 1 is 1.32 bits per heavy atom. The summed E-state index contributed by atoms with van der Waals surface area (Å²) in [6, 6.07) is 7.57. The fourth-order valence-corrected chi connectivity index (χ4v) is 4.08. The number of rotatable bonds is 8.